The highest BCUT2D eigenvalue weighted by Gasteiger charge is 2.48. The van der Waals surface area contributed by atoms with Crippen molar-refractivity contribution < 1.29 is 13.5 Å². The molecule has 0 saturated carbocycles. The van der Waals surface area contributed by atoms with Crippen LogP contribution in [0, 0.1) is 23.7 Å². The van der Waals surface area contributed by atoms with Gasteiger partial charge in [-0.2, -0.15) is 5.26 Å². The largest absolute Gasteiger partial charge is 0.387 e. The molecule has 19 heavy (non-hydrogen) atoms. The molecular formula is C13H14BrNO3S. The molecule has 0 radical (unpaired) electrons. The number of hydrogen-bond donors (Lipinski definition) is 1. The van der Waals surface area contributed by atoms with Crippen molar-refractivity contribution in [3.05, 3.63) is 33.8 Å². The molecule has 1 heterocycles. The van der Waals surface area contributed by atoms with E-state index < -0.39 is 21.4 Å². The summed E-state index contributed by atoms with van der Waals surface area (Å²) in [6.45, 7) is 1.92. The number of sulfone groups is 1. The summed E-state index contributed by atoms with van der Waals surface area (Å²) < 4.78 is 24.0. The standard InChI is InChI=1S/C13H14BrNO3S/c1-9-2-3-10(6-11(9)14)12(16)13(7-15)4-5-19(17,18)8-13/h2-3,6,12,16H,4-5,8H2,1H3. The summed E-state index contributed by atoms with van der Waals surface area (Å²) in [7, 11) is -3.23. The first kappa shape index (κ1) is 14.5. The van der Waals surface area contributed by atoms with Crippen LogP contribution in [0.1, 0.15) is 23.7 Å². The number of aliphatic hydroxyl groups is 1. The van der Waals surface area contributed by atoms with Gasteiger partial charge in [-0.15, -0.1) is 0 Å². The predicted octanol–water partition coefficient (Wildman–Crippen LogP) is 2.12. The summed E-state index contributed by atoms with van der Waals surface area (Å²) in [6, 6.07) is 7.32. The average Bonchev–Trinajstić information content (AvgIpc) is 2.69. The van der Waals surface area contributed by atoms with Crippen molar-refractivity contribution in [1.82, 2.24) is 0 Å². The number of nitrogens with zero attached hydrogens (tertiary/aromatic N) is 1. The predicted molar refractivity (Wildman–Crippen MR) is 75.2 cm³/mol. The first-order chi connectivity index (χ1) is 8.80. The second-order valence-electron chi connectivity index (χ2n) is 5.02. The van der Waals surface area contributed by atoms with E-state index in [-0.39, 0.29) is 17.9 Å². The minimum Gasteiger partial charge on any atom is -0.387 e. The molecular weight excluding hydrogens is 330 g/mol. The lowest BCUT2D eigenvalue weighted by molar-refractivity contribution is 0.0793. The first-order valence-electron chi connectivity index (χ1n) is 5.85. The Kier molecular flexibility index (Phi) is 3.74. The molecule has 1 aromatic rings. The van der Waals surface area contributed by atoms with E-state index in [1.807, 2.05) is 19.1 Å². The molecule has 2 atom stereocenters. The molecule has 1 aliphatic heterocycles. The number of aliphatic hydroxyl groups excluding tert-OH is 1. The number of nitriles is 1. The second-order valence-corrected chi connectivity index (χ2v) is 8.06. The van der Waals surface area contributed by atoms with Gasteiger partial charge in [-0.3, -0.25) is 0 Å². The van der Waals surface area contributed by atoms with Crippen molar-refractivity contribution in [1.29, 1.82) is 5.26 Å². The third kappa shape index (κ3) is 2.69. The molecule has 6 heteroatoms. The van der Waals surface area contributed by atoms with Gasteiger partial charge in [0.1, 0.15) is 5.41 Å². The van der Waals surface area contributed by atoms with E-state index in [4.69, 9.17) is 0 Å². The second kappa shape index (κ2) is 4.89. The fraction of sp³-hybridized carbons (Fsp3) is 0.462. The molecule has 1 saturated heterocycles. The van der Waals surface area contributed by atoms with E-state index in [1.165, 1.54) is 0 Å². The third-order valence-corrected chi connectivity index (χ3v) is 6.23. The van der Waals surface area contributed by atoms with Gasteiger partial charge < -0.3 is 5.11 Å². The van der Waals surface area contributed by atoms with Crippen LogP contribution in [0.5, 0.6) is 0 Å². The number of aryl methyl sites for hydroxylation is 1. The highest BCUT2D eigenvalue weighted by Crippen LogP contribution is 2.43. The van der Waals surface area contributed by atoms with Crippen LogP contribution < -0.4 is 0 Å². The van der Waals surface area contributed by atoms with Gasteiger partial charge in [0.15, 0.2) is 9.84 Å². The lowest BCUT2D eigenvalue weighted by Crippen LogP contribution is -2.28. The molecule has 0 amide bonds. The van der Waals surface area contributed by atoms with Crippen LogP contribution in [0.2, 0.25) is 0 Å². The van der Waals surface area contributed by atoms with E-state index >= 15 is 0 Å². The van der Waals surface area contributed by atoms with Gasteiger partial charge >= 0.3 is 0 Å². The fourth-order valence-electron chi connectivity index (χ4n) is 2.34. The summed E-state index contributed by atoms with van der Waals surface area (Å²) in [5.41, 5.74) is 0.352. The third-order valence-electron chi connectivity index (χ3n) is 3.59. The van der Waals surface area contributed by atoms with Crippen molar-refractivity contribution in [2.75, 3.05) is 11.5 Å². The number of benzene rings is 1. The van der Waals surface area contributed by atoms with Gasteiger partial charge in [0, 0.05) is 4.47 Å². The van der Waals surface area contributed by atoms with Crippen LogP contribution in [0.3, 0.4) is 0 Å². The van der Waals surface area contributed by atoms with E-state index in [2.05, 4.69) is 15.9 Å². The van der Waals surface area contributed by atoms with E-state index in [0.29, 0.717) is 5.56 Å². The normalized spacial score (nSPS) is 26.8. The molecule has 1 fully saturated rings. The number of halogens is 1. The summed E-state index contributed by atoms with van der Waals surface area (Å²) in [5, 5.41) is 19.7. The quantitative estimate of drug-likeness (QED) is 0.891. The molecule has 0 aliphatic carbocycles. The van der Waals surface area contributed by atoms with Crippen LogP contribution in [-0.2, 0) is 9.84 Å². The summed E-state index contributed by atoms with van der Waals surface area (Å²) in [5.74, 6) is -0.312. The van der Waals surface area contributed by atoms with Crippen molar-refractivity contribution in [2.45, 2.75) is 19.4 Å². The molecule has 102 valence electrons. The Morgan fingerprint density at radius 3 is 2.68 bits per heavy atom. The topological polar surface area (TPSA) is 78.2 Å². The zero-order valence-corrected chi connectivity index (χ0v) is 12.8. The van der Waals surface area contributed by atoms with Crippen molar-refractivity contribution >= 4 is 25.8 Å². The minimum atomic E-state index is -3.23. The molecule has 1 aliphatic rings. The average molecular weight is 344 g/mol. The summed E-state index contributed by atoms with van der Waals surface area (Å²) in [6.07, 6.45) is -0.912. The Bertz CT molecular complexity index is 650. The Morgan fingerprint density at radius 1 is 1.53 bits per heavy atom. The van der Waals surface area contributed by atoms with Crippen molar-refractivity contribution in [2.24, 2.45) is 5.41 Å². The minimum absolute atomic E-state index is 0.0371. The van der Waals surface area contributed by atoms with E-state index in [1.54, 1.807) is 12.1 Å². The van der Waals surface area contributed by atoms with Crippen LogP contribution in [-0.4, -0.2) is 25.0 Å². The molecule has 0 spiro atoms. The zero-order chi connectivity index (χ0) is 14.3. The van der Waals surface area contributed by atoms with Gasteiger partial charge in [0.05, 0.1) is 23.7 Å². The summed E-state index contributed by atoms with van der Waals surface area (Å²) in [4.78, 5) is 0. The maximum Gasteiger partial charge on any atom is 0.152 e. The van der Waals surface area contributed by atoms with Gasteiger partial charge in [-0.25, -0.2) is 8.42 Å². The number of rotatable bonds is 2. The van der Waals surface area contributed by atoms with E-state index in [0.717, 1.165) is 10.0 Å². The zero-order valence-electron chi connectivity index (χ0n) is 10.4. The molecule has 2 unspecified atom stereocenters. The van der Waals surface area contributed by atoms with E-state index in [9.17, 15) is 18.8 Å². The van der Waals surface area contributed by atoms with Gasteiger partial charge in [-0.05, 0) is 30.5 Å². The Balaban J connectivity index is 2.40. The van der Waals surface area contributed by atoms with Crippen LogP contribution in [0.25, 0.3) is 0 Å². The number of hydrogen-bond acceptors (Lipinski definition) is 4. The lowest BCUT2D eigenvalue weighted by Gasteiger charge is -2.26. The Labute approximate surface area is 121 Å². The van der Waals surface area contributed by atoms with Crippen molar-refractivity contribution in [3.8, 4) is 6.07 Å². The molecule has 0 aromatic heterocycles. The molecule has 1 N–H and O–H groups in total. The maximum atomic E-state index is 11.6. The van der Waals surface area contributed by atoms with Gasteiger partial charge in [0.25, 0.3) is 0 Å². The summed E-state index contributed by atoms with van der Waals surface area (Å²) >= 11 is 3.37. The Hall–Kier alpha value is -0.900. The van der Waals surface area contributed by atoms with Crippen LogP contribution in [0.15, 0.2) is 22.7 Å². The molecule has 2 rings (SSSR count). The van der Waals surface area contributed by atoms with Gasteiger partial charge in [-0.1, -0.05) is 28.1 Å². The maximum absolute atomic E-state index is 11.6. The Morgan fingerprint density at radius 2 is 2.21 bits per heavy atom. The highest BCUT2D eigenvalue weighted by molar-refractivity contribution is 9.10. The fourth-order valence-corrected chi connectivity index (χ4v) is 4.71. The van der Waals surface area contributed by atoms with Gasteiger partial charge in [0.2, 0.25) is 0 Å². The smallest absolute Gasteiger partial charge is 0.152 e. The van der Waals surface area contributed by atoms with Crippen molar-refractivity contribution in [3.63, 3.8) is 0 Å². The lowest BCUT2D eigenvalue weighted by atomic mass is 9.80. The highest BCUT2D eigenvalue weighted by atomic mass is 79.9. The molecule has 4 nitrogen and oxygen atoms in total. The monoisotopic (exact) mass is 343 g/mol. The molecule has 0 bridgehead atoms. The van der Waals surface area contributed by atoms with Crippen LogP contribution >= 0.6 is 15.9 Å². The van der Waals surface area contributed by atoms with Crippen LogP contribution in [0.4, 0.5) is 0 Å². The molecule has 1 aromatic carbocycles. The SMILES string of the molecule is Cc1ccc(C(O)C2(C#N)CCS(=O)(=O)C2)cc1Br. The first-order valence-corrected chi connectivity index (χ1v) is 8.47.